The van der Waals surface area contributed by atoms with Crippen molar-refractivity contribution in [2.45, 2.75) is 0 Å². The van der Waals surface area contributed by atoms with Gasteiger partial charge in [-0.05, 0) is 28.1 Å². The average Bonchev–Trinajstić information content (AvgIpc) is 2.50. The quantitative estimate of drug-likeness (QED) is 0.530. The lowest BCUT2D eigenvalue weighted by Crippen LogP contribution is -2.04. The maximum absolute atomic E-state index is 12.1. The van der Waals surface area contributed by atoms with Gasteiger partial charge in [-0.3, -0.25) is 4.79 Å². The molecule has 0 amide bonds. The number of carbonyl (C=O) groups excluding carboxylic acids is 1. The normalized spacial score (nSPS) is 10.7. The van der Waals surface area contributed by atoms with Crippen molar-refractivity contribution in [2.75, 3.05) is 5.32 Å². The van der Waals surface area contributed by atoms with Crippen molar-refractivity contribution in [1.29, 1.82) is 5.26 Å². The van der Waals surface area contributed by atoms with Gasteiger partial charge in [-0.1, -0.05) is 30.3 Å². The fourth-order valence-electron chi connectivity index (χ4n) is 1.50. The van der Waals surface area contributed by atoms with E-state index in [4.69, 9.17) is 5.26 Å². The van der Waals surface area contributed by atoms with E-state index in [0.717, 1.165) is 4.47 Å². The van der Waals surface area contributed by atoms with E-state index in [2.05, 4.69) is 26.2 Å². The third-order valence-corrected chi connectivity index (χ3v) is 2.96. The number of aromatic nitrogens is 1. The van der Waals surface area contributed by atoms with Crippen molar-refractivity contribution < 1.29 is 4.79 Å². The average molecular weight is 328 g/mol. The smallest absolute Gasteiger partial charge is 0.205 e. The zero-order valence-electron chi connectivity index (χ0n) is 10.4. The van der Waals surface area contributed by atoms with Gasteiger partial charge in [0, 0.05) is 22.4 Å². The molecule has 1 aromatic carbocycles. The van der Waals surface area contributed by atoms with Crippen molar-refractivity contribution in [2.24, 2.45) is 0 Å². The van der Waals surface area contributed by atoms with Gasteiger partial charge < -0.3 is 5.32 Å². The third kappa shape index (κ3) is 3.53. The number of rotatable bonds is 4. The molecule has 0 fully saturated rings. The number of nitriles is 1. The minimum absolute atomic E-state index is 0.0286. The van der Waals surface area contributed by atoms with E-state index >= 15 is 0 Å². The van der Waals surface area contributed by atoms with Gasteiger partial charge in [-0.25, -0.2) is 4.98 Å². The highest BCUT2D eigenvalue weighted by Crippen LogP contribution is 2.12. The van der Waals surface area contributed by atoms with Crippen LogP contribution in [0.5, 0.6) is 0 Å². The first-order chi connectivity index (χ1) is 9.70. The molecule has 0 spiro atoms. The van der Waals surface area contributed by atoms with Crippen LogP contribution in [0.4, 0.5) is 5.82 Å². The second-order valence-electron chi connectivity index (χ2n) is 3.87. The SMILES string of the molecule is N#C/C(=C\Nc1ccc(Br)cn1)C(=O)c1ccccc1. The van der Waals surface area contributed by atoms with E-state index in [1.807, 2.05) is 18.2 Å². The molecule has 0 saturated heterocycles. The molecular formula is C15H10BrN3O. The molecule has 5 heteroatoms. The molecule has 98 valence electrons. The number of anilines is 1. The number of pyridine rings is 1. The van der Waals surface area contributed by atoms with Gasteiger partial charge >= 0.3 is 0 Å². The van der Waals surface area contributed by atoms with Gasteiger partial charge in [-0.2, -0.15) is 5.26 Å². The molecule has 1 heterocycles. The predicted octanol–water partition coefficient (Wildman–Crippen LogP) is 3.55. The number of ketones is 1. The lowest BCUT2D eigenvalue weighted by molar-refractivity contribution is 0.103. The molecule has 1 aromatic heterocycles. The number of hydrogen-bond acceptors (Lipinski definition) is 4. The van der Waals surface area contributed by atoms with Gasteiger partial charge in [0.05, 0.1) is 0 Å². The summed E-state index contributed by atoms with van der Waals surface area (Å²) in [5.74, 6) is 0.236. The van der Waals surface area contributed by atoms with E-state index in [0.29, 0.717) is 11.4 Å². The number of halogens is 1. The number of benzene rings is 1. The molecule has 0 atom stereocenters. The predicted molar refractivity (Wildman–Crippen MR) is 80.0 cm³/mol. The minimum atomic E-state index is -0.322. The summed E-state index contributed by atoms with van der Waals surface area (Å²) in [5, 5.41) is 11.9. The maximum atomic E-state index is 12.1. The van der Waals surface area contributed by atoms with Crippen LogP contribution in [0.3, 0.4) is 0 Å². The summed E-state index contributed by atoms with van der Waals surface area (Å²) in [5.41, 5.74) is 0.506. The third-order valence-electron chi connectivity index (χ3n) is 2.49. The topological polar surface area (TPSA) is 65.8 Å². The first kappa shape index (κ1) is 14.0. The highest BCUT2D eigenvalue weighted by atomic mass is 79.9. The first-order valence-corrected chi connectivity index (χ1v) is 6.58. The van der Waals surface area contributed by atoms with Gasteiger partial charge in [0.1, 0.15) is 17.5 Å². The van der Waals surface area contributed by atoms with E-state index in [1.165, 1.54) is 6.20 Å². The minimum Gasteiger partial charge on any atom is -0.345 e. The Balaban J connectivity index is 2.16. The van der Waals surface area contributed by atoms with Crippen LogP contribution < -0.4 is 5.32 Å². The number of nitrogens with one attached hydrogen (secondary N) is 1. The molecule has 20 heavy (non-hydrogen) atoms. The summed E-state index contributed by atoms with van der Waals surface area (Å²) >= 11 is 3.28. The summed E-state index contributed by atoms with van der Waals surface area (Å²) in [7, 11) is 0. The van der Waals surface area contributed by atoms with E-state index in [9.17, 15) is 4.79 Å². The molecule has 4 nitrogen and oxygen atoms in total. The molecular weight excluding hydrogens is 318 g/mol. The van der Waals surface area contributed by atoms with E-state index in [1.54, 1.807) is 36.5 Å². The Morgan fingerprint density at radius 1 is 1.25 bits per heavy atom. The van der Waals surface area contributed by atoms with Crippen molar-refractivity contribution >= 4 is 27.5 Å². The van der Waals surface area contributed by atoms with Crippen LogP contribution in [0.25, 0.3) is 0 Å². The van der Waals surface area contributed by atoms with Gasteiger partial charge in [0.25, 0.3) is 0 Å². The van der Waals surface area contributed by atoms with Gasteiger partial charge in [0.2, 0.25) is 5.78 Å². The van der Waals surface area contributed by atoms with Crippen LogP contribution in [-0.4, -0.2) is 10.8 Å². The molecule has 0 radical (unpaired) electrons. The van der Waals surface area contributed by atoms with E-state index in [-0.39, 0.29) is 11.4 Å². The van der Waals surface area contributed by atoms with Crippen molar-refractivity contribution in [3.63, 3.8) is 0 Å². The van der Waals surface area contributed by atoms with Crippen LogP contribution in [0.1, 0.15) is 10.4 Å². The largest absolute Gasteiger partial charge is 0.345 e. The number of carbonyl (C=O) groups is 1. The number of Topliss-reactive ketones (excluding diaryl/α,β-unsaturated/α-hetero) is 1. The molecule has 0 bridgehead atoms. The van der Waals surface area contributed by atoms with Crippen molar-refractivity contribution in [3.05, 3.63) is 70.5 Å². The Morgan fingerprint density at radius 2 is 2.00 bits per heavy atom. The summed E-state index contributed by atoms with van der Waals surface area (Å²) < 4.78 is 0.855. The van der Waals surface area contributed by atoms with E-state index < -0.39 is 0 Å². The van der Waals surface area contributed by atoms with Crippen molar-refractivity contribution in [1.82, 2.24) is 4.98 Å². The van der Waals surface area contributed by atoms with Crippen LogP contribution in [0.2, 0.25) is 0 Å². The van der Waals surface area contributed by atoms with Gasteiger partial charge in [-0.15, -0.1) is 0 Å². The Hall–Kier alpha value is -2.45. The van der Waals surface area contributed by atoms with Crippen molar-refractivity contribution in [3.8, 4) is 6.07 Å². The highest BCUT2D eigenvalue weighted by molar-refractivity contribution is 9.10. The second-order valence-corrected chi connectivity index (χ2v) is 4.79. The molecule has 0 aliphatic heterocycles. The van der Waals surface area contributed by atoms with Crippen LogP contribution >= 0.6 is 15.9 Å². The Morgan fingerprint density at radius 3 is 2.60 bits per heavy atom. The zero-order valence-corrected chi connectivity index (χ0v) is 12.0. The lowest BCUT2D eigenvalue weighted by atomic mass is 10.1. The van der Waals surface area contributed by atoms with Crippen LogP contribution in [0.15, 0.2) is 64.9 Å². The molecule has 0 unspecified atom stereocenters. The summed E-state index contributed by atoms with van der Waals surface area (Å²) in [4.78, 5) is 16.2. The first-order valence-electron chi connectivity index (χ1n) is 5.79. The molecule has 1 N–H and O–H groups in total. The molecule has 0 aliphatic rings. The summed E-state index contributed by atoms with van der Waals surface area (Å²) in [6, 6.07) is 14.1. The zero-order chi connectivity index (χ0) is 14.4. The Bertz CT molecular complexity index is 673. The standard InChI is InChI=1S/C15H10BrN3O/c16-13-6-7-14(19-10-13)18-9-12(8-17)15(20)11-4-2-1-3-5-11/h1-7,9-10H,(H,18,19)/b12-9+. The highest BCUT2D eigenvalue weighted by Gasteiger charge is 2.11. The lowest BCUT2D eigenvalue weighted by Gasteiger charge is -2.02. The van der Waals surface area contributed by atoms with Crippen LogP contribution in [0, 0.1) is 11.3 Å². The monoisotopic (exact) mass is 327 g/mol. The fourth-order valence-corrected chi connectivity index (χ4v) is 1.74. The molecule has 2 aromatic rings. The fraction of sp³-hybridized carbons (Fsp3) is 0. The van der Waals surface area contributed by atoms with Gasteiger partial charge in [0.15, 0.2) is 0 Å². The molecule has 0 aliphatic carbocycles. The number of hydrogen-bond donors (Lipinski definition) is 1. The summed E-state index contributed by atoms with van der Waals surface area (Å²) in [6.07, 6.45) is 2.99. The Labute approximate surface area is 124 Å². The molecule has 0 saturated carbocycles. The molecule has 2 rings (SSSR count). The van der Waals surface area contributed by atoms with Crippen LogP contribution in [-0.2, 0) is 0 Å². The maximum Gasteiger partial charge on any atom is 0.205 e. The number of allylic oxidation sites excluding steroid dienone is 1. The number of nitrogens with zero attached hydrogens (tertiary/aromatic N) is 2. The second kappa shape index (κ2) is 6.64. The Kier molecular flexibility index (Phi) is 4.64. The summed E-state index contributed by atoms with van der Waals surface area (Å²) in [6.45, 7) is 0.